The minimum atomic E-state index is -3.51. The molecule has 0 bridgehead atoms. The molecule has 6 nitrogen and oxygen atoms in total. The molecule has 0 saturated carbocycles. The second kappa shape index (κ2) is 8.93. The molecule has 0 radical (unpaired) electrons. The Balaban J connectivity index is 1.67. The lowest BCUT2D eigenvalue weighted by Gasteiger charge is -2.25. The van der Waals surface area contributed by atoms with Crippen molar-refractivity contribution in [1.29, 1.82) is 0 Å². The van der Waals surface area contributed by atoms with Gasteiger partial charge in [0.25, 0.3) is 15.9 Å². The SMILES string of the molecule is CSc1ccc(Cl)c(C(=O)NCc2ccc(S(=O)(=O)N3CCOCC3)s2)c1. The molecule has 3 rings (SSSR count). The van der Waals surface area contributed by atoms with Crippen molar-refractivity contribution in [3.05, 3.63) is 45.8 Å². The fraction of sp³-hybridized carbons (Fsp3) is 0.353. The van der Waals surface area contributed by atoms with Crippen LogP contribution in [0.2, 0.25) is 5.02 Å². The van der Waals surface area contributed by atoms with E-state index in [1.165, 1.54) is 16.1 Å². The van der Waals surface area contributed by atoms with Gasteiger partial charge in [-0.3, -0.25) is 4.79 Å². The van der Waals surface area contributed by atoms with E-state index in [0.717, 1.165) is 21.1 Å². The first-order valence-electron chi connectivity index (χ1n) is 8.20. The normalized spacial score (nSPS) is 15.6. The molecule has 2 heterocycles. The van der Waals surface area contributed by atoms with Crippen LogP contribution in [-0.2, 0) is 21.3 Å². The molecular formula is C17H19ClN2O4S3. The molecule has 0 aliphatic carbocycles. The van der Waals surface area contributed by atoms with E-state index >= 15 is 0 Å². The molecule has 0 unspecified atom stereocenters. The van der Waals surface area contributed by atoms with Crippen molar-refractivity contribution in [2.24, 2.45) is 0 Å². The largest absolute Gasteiger partial charge is 0.379 e. The number of hydrogen-bond acceptors (Lipinski definition) is 6. The number of ether oxygens (including phenoxy) is 1. The van der Waals surface area contributed by atoms with Gasteiger partial charge in [-0.15, -0.1) is 23.1 Å². The zero-order valence-electron chi connectivity index (χ0n) is 14.6. The average Bonchev–Trinajstić information content (AvgIpc) is 3.17. The number of carbonyl (C=O) groups is 1. The monoisotopic (exact) mass is 446 g/mol. The van der Waals surface area contributed by atoms with E-state index < -0.39 is 10.0 Å². The maximum atomic E-state index is 12.6. The molecule has 1 aliphatic rings. The van der Waals surface area contributed by atoms with E-state index in [2.05, 4.69) is 5.32 Å². The fourth-order valence-electron chi connectivity index (χ4n) is 2.57. The Kier molecular flexibility index (Phi) is 6.83. The lowest BCUT2D eigenvalue weighted by Crippen LogP contribution is -2.40. The smallest absolute Gasteiger partial charge is 0.253 e. The summed E-state index contributed by atoms with van der Waals surface area (Å²) in [5.74, 6) is -0.290. The van der Waals surface area contributed by atoms with Crippen LogP contribution in [-0.4, -0.2) is 51.2 Å². The first kappa shape index (κ1) is 20.6. The topological polar surface area (TPSA) is 75.7 Å². The highest BCUT2D eigenvalue weighted by molar-refractivity contribution is 7.98. The van der Waals surface area contributed by atoms with Gasteiger partial charge < -0.3 is 10.1 Å². The molecule has 27 heavy (non-hydrogen) atoms. The van der Waals surface area contributed by atoms with E-state index in [1.54, 1.807) is 24.3 Å². The van der Waals surface area contributed by atoms with Crippen LogP contribution < -0.4 is 5.32 Å². The summed E-state index contributed by atoms with van der Waals surface area (Å²) in [5, 5.41) is 3.18. The number of hydrogen-bond donors (Lipinski definition) is 1. The maximum absolute atomic E-state index is 12.6. The van der Waals surface area contributed by atoms with Gasteiger partial charge in [-0.1, -0.05) is 11.6 Å². The summed E-state index contributed by atoms with van der Waals surface area (Å²) in [4.78, 5) is 14.1. The standard InChI is InChI=1S/C17H19ClN2O4S3/c1-25-12-2-4-15(18)14(10-12)17(21)19-11-13-3-5-16(26-13)27(22,23)20-6-8-24-9-7-20/h2-5,10H,6-9,11H2,1H3,(H,19,21). The van der Waals surface area contributed by atoms with Gasteiger partial charge in [0.15, 0.2) is 0 Å². The van der Waals surface area contributed by atoms with Crippen LogP contribution >= 0.6 is 34.7 Å². The molecule has 1 aromatic carbocycles. The van der Waals surface area contributed by atoms with Gasteiger partial charge in [0.1, 0.15) is 4.21 Å². The number of carbonyl (C=O) groups excluding carboxylic acids is 1. The van der Waals surface area contributed by atoms with Gasteiger partial charge in [-0.05, 0) is 36.6 Å². The van der Waals surface area contributed by atoms with E-state index in [-0.39, 0.29) is 16.7 Å². The van der Waals surface area contributed by atoms with Gasteiger partial charge in [0.2, 0.25) is 0 Å². The van der Waals surface area contributed by atoms with E-state index in [9.17, 15) is 13.2 Å². The van der Waals surface area contributed by atoms with E-state index in [1.807, 2.05) is 12.3 Å². The van der Waals surface area contributed by atoms with Crippen LogP contribution in [0.3, 0.4) is 0 Å². The number of halogens is 1. The third-order valence-electron chi connectivity index (χ3n) is 4.04. The number of nitrogens with one attached hydrogen (secondary N) is 1. The third-order valence-corrected chi connectivity index (χ3v) is 8.55. The lowest BCUT2D eigenvalue weighted by molar-refractivity contribution is 0.0731. The Morgan fingerprint density at radius 3 is 2.74 bits per heavy atom. The molecule has 1 aromatic heterocycles. The molecular weight excluding hydrogens is 428 g/mol. The second-order valence-corrected chi connectivity index (χ2v) is 10.4. The van der Waals surface area contributed by atoms with Crippen LogP contribution in [0.15, 0.2) is 39.4 Å². The van der Waals surface area contributed by atoms with Crippen molar-refractivity contribution in [3.63, 3.8) is 0 Å². The number of thiophene rings is 1. The number of morpholine rings is 1. The van der Waals surface area contributed by atoms with Gasteiger partial charge in [0, 0.05) is 22.9 Å². The van der Waals surface area contributed by atoms with Gasteiger partial charge in [-0.2, -0.15) is 4.31 Å². The fourth-order valence-corrected chi connectivity index (χ4v) is 6.08. The summed E-state index contributed by atoms with van der Waals surface area (Å²) in [6.45, 7) is 1.77. The molecule has 0 spiro atoms. The summed E-state index contributed by atoms with van der Waals surface area (Å²) < 4.78 is 32.2. The summed E-state index contributed by atoms with van der Waals surface area (Å²) in [7, 11) is -3.51. The summed E-state index contributed by atoms with van der Waals surface area (Å²) in [5.41, 5.74) is 0.404. The molecule has 1 aliphatic heterocycles. The molecule has 1 saturated heterocycles. The predicted molar refractivity (Wildman–Crippen MR) is 108 cm³/mol. The molecule has 0 atom stereocenters. The van der Waals surface area contributed by atoms with Gasteiger partial charge >= 0.3 is 0 Å². The minimum Gasteiger partial charge on any atom is -0.379 e. The first-order chi connectivity index (χ1) is 12.9. The van der Waals surface area contributed by atoms with Crippen LogP contribution in [0.4, 0.5) is 0 Å². The van der Waals surface area contributed by atoms with Gasteiger partial charge in [-0.25, -0.2) is 8.42 Å². The summed E-state index contributed by atoms with van der Waals surface area (Å²) >= 11 is 8.80. The van der Waals surface area contributed by atoms with Crippen molar-refractivity contribution in [2.75, 3.05) is 32.6 Å². The highest BCUT2D eigenvalue weighted by atomic mass is 35.5. The lowest BCUT2D eigenvalue weighted by atomic mass is 10.2. The predicted octanol–water partition coefficient (Wildman–Crippen LogP) is 3.07. The van der Waals surface area contributed by atoms with Gasteiger partial charge in [0.05, 0.1) is 30.3 Å². The Morgan fingerprint density at radius 1 is 1.30 bits per heavy atom. The number of nitrogens with zero attached hydrogens (tertiary/aromatic N) is 1. The van der Waals surface area contributed by atoms with Crippen molar-refractivity contribution in [2.45, 2.75) is 15.6 Å². The number of amides is 1. The average molecular weight is 447 g/mol. The third kappa shape index (κ3) is 4.85. The molecule has 1 N–H and O–H groups in total. The highest BCUT2D eigenvalue weighted by Gasteiger charge is 2.27. The van der Waals surface area contributed by atoms with Crippen LogP contribution in [0, 0.1) is 0 Å². The van der Waals surface area contributed by atoms with Crippen molar-refractivity contribution >= 4 is 50.6 Å². The quantitative estimate of drug-likeness (QED) is 0.690. The number of sulfonamides is 1. The number of thioether (sulfide) groups is 1. The Hall–Kier alpha value is -1.10. The van der Waals surface area contributed by atoms with E-state index in [4.69, 9.17) is 16.3 Å². The maximum Gasteiger partial charge on any atom is 0.253 e. The zero-order chi connectivity index (χ0) is 19.4. The molecule has 10 heteroatoms. The van der Waals surface area contributed by atoms with E-state index in [0.29, 0.717) is 36.9 Å². The Labute approximate surface area is 171 Å². The van der Waals surface area contributed by atoms with Crippen molar-refractivity contribution < 1.29 is 17.9 Å². The van der Waals surface area contributed by atoms with Crippen LogP contribution in [0.1, 0.15) is 15.2 Å². The Bertz CT molecular complexity index is 924. The summed E-state index contributed by atoms with van der Waals surface area (Å²) in [6.07, 6.45) is 1.92. The molecule has 1 fully saturated rings. The zero-order valence-corrected chi connectivity index (χ0v) is 17.8. The second-order valence-electron chi connectivity index (χ2n) is 5.77. The first-order valence-corrected chi connectivity index (χ1v) is 12.1. The molecule has 1 amide bonds. The number of benzene rings is 1. The molecule has 146 valence electrons. The Morgan fingerprint density at radius 2 is 2.04 bits per heavy atom. The van der Waals surface area contributed by atoms with Crippen LogP contribution in [0.5, 0.6) is 0 Å². The summed E-state index contributed by atoms with van der Waals surface area (Å²) in [6, 6.07) is 8.59. The molecule has 2 aromatic rings. The number of rotatable bonds is 6. The van der Waals surface area contributed by atoms with Crippen molar-refractivity contribution in [1.82, 2.24) is 9.62 Å². The minimum absolute atomic E-state index is 0.238. The van der Waals surface area contributed by atoms with Crippen LogP contribution in [0.25, 0.3) is 0 Å². The highest BCUT2D eigenvalue weighted by Crippen LogP contribution is 2.26. The van der Waals surface area contributed by atoms with Crippen molar-refractivity contribution in [3.8, 4) is 0 Å².